The number of hydrogen-bond acceptors (Lipinski definition) is 7. The van der Waals surface area contributed by atoms with Gasteiger partial charge >= 0.3 is 5.97 Å². The number of halogens is 1. The predicted molar refractivity (Wildman–Crippen MR) is 140 cm³/mol. The summed E-state index contributed by atoms with van der Waals surface area (Å²) in [6, 6.07) is 27.2. The number of anilines is 2. The van der Waals surface area contributed by atoms with Crippen LogP contribution in [0.3, 0.4) is 0 Å². The van der Waals surface area contributed by atoms with Gasteiger partial charge in [-0.3, -0.25) is 9.78 Å². The van der Waals surface area contributed by atoms with Crippen molar-refractivity contribution in [3.63, 3.8) is 0 Å². The van der Waals surface area contributed by atoms with Gasteiger partial charge in [-0.1, -0.05) is 67.1 Å². The van der Waals surface area contributed by atoms with E-state index in [9.17, 15) is 9.18 Å². The normalized spacial score (nSPS) is 12.8. The lowest BCUT2D eigenvalue weighted by atomic mass is 9.86. The molecule has 0 atom stereocenters. The van der Waals surface area contributed by atoms with Gasteiger partial charge < -0.3 is 14.8 Å². The fourth-order valence-electron chi connectivity index (χ4n) is 3.77. The average molecular weight is 515 g/mol. The summed E-state index contributed by atoms with van der Waals surface area (Å²) in [5.74, 6) is -0.801. The number of carbonyl (C=O) groups excluding carboxylic acids is 1. The summed E-state index contributed by atoms with van der Waals surface area (Å²) < 4.78 is 26.6. The Morgan fingerprint density at radius 2 is 1.55 bits per heavy atom. The van der Waals surface area contributed by atoms with Crippen LogP contribution in [0.5, 0.6) is 17.5 Å². The molecule has 1 aromatic heterocycles. The standard InChI is InChI=1S/C30H27FN2O5/c31-25-18-24(14-16-27(25)37-38-30(34)23-12-7-13-23)32-26-15-17-28(35-19-21-8-3-1-4-9-21)33-29(26)36-20-22-10-5-2-6-11-22/h1-6,8-11,14-18,23,32H,7,12-13,19-20H2. The second kappa shape index (κ2) is 12.1. The molecular weight excluding hydrogens is 487 g/mol. The van der Waals surface area contributed by atoms with Gasteiger partial charge in [0.25, 0.3) is 0 Å². The molecule has 5 rings (SSSR count). The van der Waals surface area contributed by atoms with Crippen LogP contribution in [0.25, 0.3) is 0 Å². The van der Waals surface area contributed by atoms with E-state index in [0.717, 1.165) is 30.4 Å². The Labute approximate surface area is 220 Å². The topological polar surface area (TPSA) is 78.9 Å². The van der Waals surface area contributed by atoms with Gasteiger partial charge in [0.05, 0.1) is 5.92 Å². The first-order chi connectivity index (χ1) is 18.6. The van der Waals surface area contributed by atoms with E-state index in [1.54, 1.807) is 18.2 Å². The van der Waals surface area contributed by atoms with E-state index >= 15 is 0 Å². The van der Waals surface area contributed by atoms with Crippen LogP contribution in [-0.2, 0) is 22.9 Å². The maximum Gasteiger partial charge on any atom is 0.358 e. The summed E-state index contributed by atoms with van der Waals surface area (Å²) in [6.07, 6.45) is 2.53. The maximum absolute atomic E-state index is 14.7. The molecule has 0 amide bonds. The molecule has 0 spiro atoms. The Hall–Kier alpha value is -4.59. The third kappa shape index (κ3) is 6.59. The zero-order valence-electron chi connectivity index (χ0n) is 20.6. The van der Waals surface area contributed by atoms with Crippen molar-refractivity contribution in [1.82, 2.24) is 4.98 Å². The van der Waals surface area contributed by atoms with Crippen LogP contribution in [0.2, 0.25) is 0 Å². The Kier molecular flexibility index (Phi) is 7.98. The van der Waals surface area contributed by atoms with E-state index in [0.29, 0.717) is 29.7 Å². The highest BCUT2D eigenvalue weighted by atomic mass is 19.1. The lowest BCUT2D eigenvalue weighted by Crippen LogP contribution is -2.25. The van der Waals surface area contributed by atoms with Gasteiger partial charge in [0.15, 0.2) is 5.82 Å². The second-order valence-corrected chi connectivity index (χ2v) is 8.93. The summed E-state index contributed by atoms with van der Waals surface area (Å²) in [5, 5.41) is 3.13. The molecule has 1 saturated carbocycles. The van der Waals surface area contributed by atoms with Gasteiger partial charge in [-0.15, -0.1) is 0 Å². The molecule has 3 aromatic carbocycles. The molecule has 0 unspecified atom stereocenters. The fourth-order valence-corrected chi connectivity index (χ4v) is 3.77. The third-order valence-electron chi connectivity index (χ3n) is 6.15. The van der Waals surface area contributed by atoms with Crippen molar-refractivity contribution in [3.05, 3.63) is 108 Å². The minimum absolute atomic E-state index is 0.166. The maximum atomic E-state index is 14.7. The highest BCUT2D eigenvalue weighted by molar-refractivity contribution is 5.72. The van der Waals surface area contributed by atoms with Crippen molar-refractivity contribution in [3.8, 4) is 17.5 Å². The molecule has 7 nitrogen and oxygen atoms in total. The molecule has 8 heteroatoms. The summed E-state index contributed by atoms with van der Waals surface area (Å²) in [6.45, 7) is 0.648. The molecule has 1 aliphatic rings. The quantitative estimate of drug-likeness (QED) is 0.175. The first kappa shape index (κ1) is 25.1. The number of carbonyl (C=O) groups is 1. The van der Waals surface area contributed by atoms with Crippen LogP contribution >= 0.6 is 0 Å². The molecule has 0 aliphatic heterocycles. The third-order valence-corrected chi connectivity index (χ3v) is 6.15. The molecule has 0 saturated heterocycles. The van der Waals surface area contributed by atoms with Crippen LogP contribution in [0, 0.1) is 11.7 Å². The minimum atomic E-state index is -0.682. The van der Waals surface area contributed by atoms with Gasteiger partial charge in [0, 0.05) is 17.8 Å². The number of aromatic nitrogens is 1. The molecule has 1 fully saturated rings. The molecule has 38 heavy (non-hydrogen) atoms. The zero-order chi connectivity index (χ0) is 26.2. The summed E-state index contributed by atoms with van der Waals surface area (Å²) in [5.41, 5.74) is 2.95. The van der Waals surface area contributed by atoms with E-state index in [1.165, 1.54) is 12.1 Å². The molecular formula is C30H27FN2O5. The fraction of sp³-hybridized carbons (Fsp3) is 0.200. The Balaban J connectivity index is 1.29. The van der Waals surface area contributed by atoms with Crippen molar-refractivity contribution in [1.29, 1.82) is 0 Å². The van der Waals surface area contributed by atoms with Gasteiger partial charge in [-0.05, 0) is 42.2 Å². The summed E-state index contributed by atoms with van der Waals surface area (Å²) in [7, 11) is 0. The SMILES string of the molecule is O=C(OOc1ccc(Nc2ccc(OCc3ccccc3)nc2OCc2ccccc2)cc1F)C1CCC1. The number of nitrogens with one attached hydrogen (secondary N) is 1. The molecule has 1 heterocycles. The van der Waals surface area contributed by atoms with Gasteiger partial charge in [-0.25, -0.2) is 9.18 Å². The number of nitrogens with zero attached hydrogens (tertiary/aromatic N) is 1. The van der Waals surface area contributed by atoms with E-state index in [-0.39, 0.29) is 18.3 Å². The molecule has 4 aromatic rings. The van der Waals surface area contributed by atoms with Crippen LogP contribution < -0.4 is 19.7 Å². The Morgan fingerprint density at radius 3 is 2.18 bits per heavy atom. The Bertz CT molecular complexity index is 1360. The number of rotatable bonds is 11. The first-order valence-electron chi connectivity index (χ1n) is 12.4. The van der Waals surface area contributed by atoms with Crippen LogP contribution in [-0.4, -0.2) is 11.0 Å². The molecule has 194 valence electrons. The first-order valence-corrected chi connectivity index (χ1v) is 12.4. The highest BCUT2D eigenvalue weighted by Crippen LogP contribution is 2.32. The Morgan fingerprint density at radius 1 is 0.868 bits per heavy atom. The molecule has 0 bridgehead atoms. The molecule has 1 aliphatic carbocycles. The van der Waals surface area contributed by atoms with Crippen molar-refractivity contribution in [2.75, 3.05) is 5.32 Å². The van der Waals surface area contributed by atoms with Gasteiger partial charge in [0.1, 0.15) is 18.9 Å². The van der Waals surface area contributed by atoms with Gasteiger partial charge in [0.2, 0.25) is 17.5 Å². The van der Waals surface area contributed by atoms with Crippen LogP contribution in [0.4, 0.5) is 15.8 Å². The highest BCUT2D eigenvalue weighted by Gasteiger charge is 2.28. The predicted octanol–water partition coefficient (Wildman–Crippen LogP) is 6.76. The largest absolute Gasteiger partial charge is 0.473 e. The van der Waals surface area contributed by atoms with E-state index in [1.807, 2.05) is 60.7 Å². The number of hydrogen-bond donors (Lipinski definition) is 1. The minimum Gasteiger partial charge on any atom is -0.473 e. The number of ether oxygens (including phenoxy) is 2. The van der Waals surface area contributed by atoms with Crippen LogP contribution in [0.1, 0.15) is 30.4 Å². The number of benzene rings is 3. The smallest absolute Gasteiger partial charge is 0.358 e. The number of pyridine rings is 1. The monoisotopic (exact) mass is 514 g/mol. The average Bonchev–Trinajstić information content (AvgIpc) is 2.91. The van der Waals surface area contributed by atoms with Crippen molar-refractivity contribution in [2.45, 2.75) is 32.5 Å². The molecule has 0 radical (unpaired) electrons. The van der Waals surface area contributed by atoms with Gasteiger partial charge in [-0.2, -0.15) is 4.98 Å². The lowest BCUT2D eigenvalue weighted by molar-refractivity contribution is -0.222. The van der Waals surface area contributed by atoms with E-state index < -0.39 is 11.8 Å². The zero-order valence-corrected chi connectivity index (χ0v) is 20.6. The summed E-state index contributed by atoms with van der Waals surface area (Å²) in [4.78, 5) is 26.1. The second-order valence-electron chi connectivity index (χ2n) is 8.93. The van der Waals surface area contributed by atoms with Crippen molar-refractivity contribution >= 4 is 17.3 Å². The van der Waals surface area contributed by atoms with E-state index in [2.05, 4.69) is 10.3 Å². The van der Waals surface area contributed by atoms with Crippen molar-refractivity contribution in [2.24, 2.45) is 5.92 Å². The lowest BCUT2D eigenvalue weighted by Gasteiger charge is -2.21. The molecule has 1 N–H and O–H groups in total. The summed E-state index contributed by atoms with van der Waals surface area (Å²) >= 11 is 0. The van der Waals surface area contributed by atoms with Crippen LogP contribution in [0.15, 0.2) is 91.0 Å². The van der Waals surface area contributed by atoms with E-state index in [4.69, 9.17) is 19.2 Å². The van der Waals surface area contributed by atoms with Crippen molar-refractivity contribution < 1.29 is 28.4 Å².